The Bertz CT molecular complexity index is 920. The minimum absolute atomic E-state index is 0. The predicted molar refractivity (Wildman–Crippen MR) is 112 cm³/mol. The molecule has 1 fully saturated rings. The van der Waals surface area contributed by atoms with Gasteiger partial charge >= 0.3 is 0 Å². The molecule has 1 aliphatic carbocycles. The van der Waals surface area contributed by atoms with Gasteiger partial charge in [-0.05, 0) is 26.0 Å². The van der Waals surface area contributed by atoms with Crippen molar-refractivity contribution in [1.29, 1.82) is 0 Å². The zero-order valence-corrected chi connectivity index (χ0v) is 17.8. The summed E-state index contributed by atoms with van der Waals surface area (Å²) in [6.07, 6.45) is 0.356. The van der Waals surface area contributed by atoms with Crippen molar-refractivity contribution in [1.82, 2.24) is 9.36 Å². The normalized spacial score (nSPS) is 22.9. The molecular weight excluding hydrogens is 380 g/mol. The van der Waals surface area contributed by atoms with E-state index in [-0.39, 0.29) is 35.7 Å². The molecule has 0 bridgehead atoms. The summed E-state index contributed by atoms with van der Waals surface area (Å²) in [7, 11) is 1.79. The number of carbonyl (C=O) groups is 1. The maximum absolute atomic E-state index is 13.0. The molecule has 28 heavy (non-hydrogen) atoms. The largest absolute Gasteiger partial charge is 0.378 e. The second-order valence-corrected chi connectivity index (χ2v) is 7.73. The molecule has 3 rings (SSSR count). The molecule has 154 valence electrons. The molecule has 2 unspecified atom stereocenters. The summed E-state index contributed by atoms with van der Waals surface area (Å²) in [4.78, 5) is 26.0. The van der Waals surface area contributed by atoms with Gasteiger partial charge in [0.2, 0.25) is 5.91 Å². The fraction of sp³-hybridized carbons (Fsp3) is 0.500. The number of anilines is 1. The van der Waals surface area contributed by atoms with Crippen molar-refractivity contribution in [2.24, 2.45) is 18.2 Å². The molecular formula is C20H29ClN4O3. The van der Waals surface area contributed by atoms with Gasteiger partial charge in [-0.1, -0.05) is 32.0 Å². The van der Waals surface area contributed by atoms with Crippen LogP contribution < -0.4 is 16.6 Å². The van der Waals surface area contributed by atoms with Crippen LogP contribution in [0.2, 0.25) is 0 Å². The lowest BCUT2D eigenvalue weighted by atomic mass is 9.54. The zero-order valence-electron chi connectivity index (χ0n) is 17.0. The van der Waals surface area contributed by atoms with Gasteiger partial charge in [0.1, 0.15) is 11.2 Å². The number of aromatic nitrogens is 2. The van der Waals surface area contributed by atoms with Crippen LogP contribution in [0.15, 0.2) is 35.1 Å². The molecule has 1 aromatic heterocycles. The summed E-state index contributed by atoms with van der Waals surface area (Å²) in [5, 5.41) is 2.80. The number of halogens is 1. The topological polar surface area (TPSA) is 91.3 Å². The van der Waals surface area contributed by atoms with E-state index in [4.69, 9.17) is 10.5 Å². The molecule has 0 aliphatic heterocycles. The van der Waals surface area contributed by atoms with Crippen LogP contribution in [-0.4, -0.2) is 33.5 Å². The average molecular weight is 409 g/mol. The van der Waals surface area contributed by atoms with Gasteiger partial charge in [0, 0.05) is 25.5 Å². The lowest BCUT2D eigenvalue weighted by Gasteiger charge is -2.57. The molecule has 0 radical (unpaired) electrons. The highest BCUT2D eigenvalue weighted by molar-refractivity contribution is 6.00. The van der Waals surface area contributed by atoms with E-state index in [9.17, 15) is 9.59 Å². The summed E-state index contributed by atoms with van der Waals surface area (Å²) in [6, 6.07) is 9.31. The van der Waals surface area contributed by atoms with E-state index in [2.05, 4.69) is 5.32 Å². The minimum atomic E-state index is -1.08. The molecule has 8 heteroatoms. The predicted octanol–water partition coefficient (Wildman–Crippen LogP) is 2.38. The van der Waals surface area contributed by atoms with Gasteiger partial charge in [0.15, 0.2) is 0 Å². The fourth-order valence-electron chi connectivity index (χ4n) is 3.76. The third kappa shape index (κ3) is 3.17. The van der Waals surface area contributed by atoms with Gasteiger partial charge in [-0.3, -0.25) is 14.3 Å². The molecule has 1 saturated carbocycles. The van der Waals surface area contributed by atoms with Gasteiger partial charge in [0.25, 0.3) is 5.56 Å². The smallest absolute Gasteiger partial charge is 0.295 e. The van der Waals surface area contributed by atoms with Crippen LogP contribution in [-0.2, 0) is 16.6 Å². The monoisotopic (exact) mass is 408 g/mol. The number of rotatable bonds is 5. The lowest BCUT2D eigenvalue weighted by molar-refractivity contribution is -0.166. The Morgan fingerprint density at radius 3 is 2.46 bits per heavy atom. The van der Waals surface area contributed by atoms with E-state index in [0.717, 1.165) is 5.69 Å². The first-order chi connectivity index (χ1) is 12.6. The van der Waals surface area contributed by atoms with Crippen molar-refractivity contribution in [3.8, 4) is 5.69 Å². The Labute approximate surface area is 171 Å². The number of hydrogen-bond donors (Lipinski definition) is 2. The van der Waals surface area contributed by atoms with Crippen LogP contribution in [0.1, 0.15) is 32.9 Å². The number of carbonyl (C=O) groups excluding carboxylic acids is 1. The summed E-state index contributed by atoms with van der Waals surface area (Å²) >= 11 is 0. The summed E-state index contributed by atoms with van der Waals surface area (Å²) < 4.78 is 8.95. The third-order valence-corrected chi connectivity index (χ3v) is 6.03. The quantitative estimate of drug-likeness (QED) is 0.794. The van der Waals surface area contributed by atoms with E-state index in [1.165, 1.54) is 4.68 Å². The molecule has 1 aromatic carbocycles. The number of ether oxygens (including phenoxy) is 1. The molecule has 0 saturated heterocycles. The standard InChI is InChI=1S/C20H28N4O3.ClH/c1-6-27-15-12-20(21,19(15,3)4)18(26)22-16-13(2)23(5)24(17(16)25)14-10-8-7-9-11-14;/h7-11,15H,6,12,21H2,1-5H3,(H,22,26);1H. The zero-order chi connectivity index (χ0) is 20.0. The highest BCUT2D eigenvalue weighted by Crippen LogP contribution is 2.50. The van der Waals surface area contributed by atoms with Crippen molar-refractivity contribution in [2.45, 2.75) is 45.8 Å². The second kappa shape index (κ2) is 7.73. The van der Waals surface area contributed by atoms with Crippen LogP contribution in [0, 0.1) is 12.3 Å². The maximum Gasteiger partial charge on any atom is 0.295 e. The molecule has 2 atom stereocenters. The van der Waals surface area contributed by atoms with Crippen molar-refractivity contribution in [3.05, 3.63) is 46.4 Å². The Morgan fingerprint density at radius 2 is 1.93 bits per heavy atom. The minimum Gasteiger partial charge on any atom is -0.378 e. The van der Waals surface area contributed by atoms with E-state index in [0.29, 0.717) is 18.7 Å². The molecule has 7 nitrogen and oxygen atoms in total. The van der Waals surface area contributed by atoms with Crippen LogP contribution in [0.3, 0.4) is 0 Å². The van der Waals surface area contributed by atoms with Crippen LogP contribution in [0.5, 0.6) is 0 Å². The van der Waals surface area contributed by atoms with E-state index in [1.54, 1.807) is 18.7 Å². The molecule has 1 heterocycles. The fourth-order valence-corrected chi connectivity index (χ4v) is 3.76. The Morgan fingerprint density at radius 1 is 1.32 bits per heavy atom. The van der Waals surface area contributed by atoms with Crippen LogP contribution in [0.25, 0.3) is 5.69 Å². The molecule has 1 aliphatic rings. The molecule has 3 N–H and O–H groups in total. The van der Waals surface area contributed by atoms with Gasteiger partial charge in [-0.2, -0.15) is 0 Å². The number of nitrogens with two attached hydrogens (primary N) is 1. The van der Waals surface area contributed by atoms with Gasteiger partial charge in [0.05, 0.1) is 17.5 Å². The number of para-hydroxylation sites is 1. The van der Waals surface area contributed by atoms with Crippen LogP contribution in [0.4, 0.5) is 5.69 Å². The van der Waals surface area contributed by atoms with E-state index < -0.39 is 11.0 Å². The SMILES string of the molecule is CCOC1CC(N)(C(=O)Nc2c(C)n(C)n(-c3ccccc3)c2=O)C1(C)C.Cl. The number of amides is 1. The van der Waals surface area contributed by atoms with Crippen molar-refractivity contribution in [2.75, 3.05) is 11.9 Å². The highest BCUT2D eigenvalue weighted by atomic mass is 35.5. The average Bonchev–Trinajstić information content (AvgIpc) is 2.85. The lowest BCUT2D eigenvalue weighted by Crippen LogP contribution is -2.74. The highest BCUT2D eigenvalue weighted by Gasteiger charge is 2.63. The van der Waals surface area contributed by atoms with Crippen molar-refractivity contribution < 1.29 is 9.53 Å². The molecule has 1 amide bonds. The summed E-state index contributed by atoms with van der Waals surface area (Å²) in [5.74, 6) is -0.352. The van der Waals surface area contributed by atoms with E-state index >= 15 is 0 Å². The number of hydrogen-bond acceptors (Lipinski definition) is 4. The van der Waals surface area contributed by atoms with Crippen molar-refractivity contribution >= 4 is 24.0 Å². The number of nitrogens with zero attached hydrogens (tertiary/aromatic N) is 2. The summed E-state index contributed by atoms with van der Waals surface area (Å²) in [6.45, 7) is 8.15. The second-order valence-electron chi connectivity index (χ2n) is 7.73. The molecule has 0 spiro atoms. The van der Waals surface area contributed by atoms with Crippen molar-refractivity contribution in [3.63, 3.8) is 0 Å². The summed E-state index contributed by atoms with van der Waals surface area (Å²) in [5.41, 5.74) is 6.21. The van der Waals surface area contributed by atoms with Crippen LogP contribution >= 0.6 is 12.4 Å². The first-order valence-electron chi connectivity index (χ1n) is 9.21. The molecule has 2 aromatic rings. The Kier molecular flexibility index (Phi) is 6.13. The first-order valence-corrected chi connectivity index (χ1v) is 9.21. The van der Waals surface area contributed by atoms with E-state index in [1.807, 2.05) is 51.1 Å². The number of benzene rings is 1. The maximum atomic E-state index is 13.0. The first kappa shape index (κ1) is 22.2. The van der Waals surface area contributed by atoms with Gasteiger partial charge in [-0.25, -0.2) is 4.68 Å². The van der Waals surface area contributed by atoms with Gasteiger partial charge < -0.3 is 15.8 Å². The third-order valence-electron chi connectivity index (χ3n) is 6.03. The Balaban J connectivity index is 0.00000280. The Hall–Kier alpha value is -2.09. The van der Waals surface area contributed by atoms with Gasteiger partial charge in [-0.15, -0.1) is 12.4 Å². The number of nitrogens with one attached hydrogen (secondary N) is 1.